The van der Waals surface area contributed by atoms with Gasteiger partial charge in [-0.1, -0.05) is 12.1 Å². The number of oxime groups is 1. The minimum absolute atomic E-state index is 0.0396. The van der Waals surface area contributed by atoms with E-state index in [1.807, 2.05) is 14.0 Å². The summed E-state index contributed by atoms with van der Waals surface area (Å²) in [6, 6.07) is 0.443. The highest BCUT2D eigenvalue weighted by molar-refractivity contribution is 6.01. The van der Waals surface area contributed by atoms with Gasteiger partial charge >= 0.3 is 0 Å². The van der Waals surface area contributed by atoms with E-state index in [1.54, 1.807) is 0 Å². The van der Waals surface area contributed by atoms with Crippen LogP contribution in [0, 0.1) is 5.92 Å². The molecule has 100 valence electrons. The Labute approximate surface area is 103 Å². The molecular weight excluding hydrogens is 220 g/mol. The van der Waals surface area contributed by atoms with Crippen molar-refractivity contribution in [3.63, 3.8) is 0 Å². The lowest BCUT2D eigenvalue weighted by Gasteiger charge is -2.21. The van der Waals surface area contributed by atoms with Crippen LogP contribution in [0.1, 0.15) is 27.2 Å². The number of likely N-dealkylation sites (N-methyl/N-ethyl adjacent to an activating group) is 1. The molecule has 0 aromatic heterocycles. The Hall–Kier alpha value is -1.30. The molecule has 0 aromatic rings. The van der Waals surface area contributed by atoms with E-state index in [2.05, 4.69) is 29.2 Å². The second-order valence-electron chi connectivity index (χ2n) is 4.35. The number of rotatable bonds is 7. The maximum absolute atomic E-state index is 11.7. The fourth-order valence-corrected chi connectivity index (χ4v) is 1.34. The van der Waals surface area contributed by atoms with Crippen molar-refractivity contribution < 1.29 is 10.0 Å². The molecule has 0 heterocycles. The molecule has 1 atom stereocenters. The first-order valence-corrected chi connectivity index (χ1v) is 5.89. The topological polar surface area (TPSA) is 91.0 Å². The number of carbonyl (C=O) groups is 1. The number of nitrogens with one attached hydrogen (secondary N) is 1. The molecule has 0 aliphatic carbocycles. The first-order chi connectivity index (χ1) is 7.93. The van der Waals surface area contributed by atoms with Crippen LogP contribution in [0.3, 0.4) is 0 Å². The van der Waals surface area contributed by atoms with Crippen molar-refractivity contribution >= 4 is 11.7 Å². The van der Waals surface area contributed by atoms with Crippen LogP contribution in [-0.2, 0) is 4.79 Å². The Bertz CT molecular complexity index is 266. The Kier molecular flexibility index (Phi) is 7.29. The monoisotopic (exact) mass is 244 g/mol. The summed E-state index contributed by atoms with van der Waals surface area (Å²) >= 11 is 0. The number of hydrogen-bond donors (Lipinski definition) is 3. The van der Waals surface area contributed by atoms with Gasteiger partial charge in [0.15, 0.2) is 5.84 Å². The molecule has 0 aromatic carbocycles. The third kappa shape index (κ3) is 5.53. The summed E-state index contributed by atoms with van der Waals surface area (Å²) in [7, 11) is 2.00. The number of carbonyl (C=O) groups excluding carboxylic acids is 1. The van der Waals surface area contributed by atoms with Crippen LogP contribution in [0.4, 0.5) is 0 Å². The van der Waals surface area contributed by atoms with Gasteiger partial charge in [0.1, 0.15) is 0 Å². The fourth-order valence-electron chi connectivity index (χ4n) is 1.34. The molecule has 0 bridgehead atoms. The summed E-state index contributed by atoms with van der Waals surface area (Å²) in [4.78, 5) is 13.9. The minimum Gasteiger partial charge on any atom is -0.409 e. The van der Waals surface area contributed by atoms with E-state index >= 15 is 0 Å². The van der Waals surface area contributed by atoms with Gasteiger partial charge in [-0.3, -0.25) is 4.79 Å². The van der Waals surface area contributed by atoms with Gasteiger partial charge in [-0.2, -0.15) is 0 Å². The van der Waals surface area contributed by atoms with Crippen LogP contribution >= 0.6 is 0 Å². The molecule has 0 aliphatic rings. The molecule has 0 fully saturated rings. The minimum atomic E-state index is -0.552. The van der Waals surface area contributed by atoms with Crippen LogP contribution in [0.25, 0.3) is 0 Å². The maximum atomic E-state index is 11.7. The van der Waals surface area contributed by atoms with Gasteiger partial charge in [-0.25, -0.2) is 0 Å². The summed E-state index contributed by atoms with van der Waals surface area (Å²) in [6.07, 6.45) is 0.516. The van der Waals surface area contributed by atoms with Crippen molar-refractivity contribution in [2.75, 3.05) is 20.1 Å². The molecule has 0 saturated heterocycles. The zero-order chi connectivity index (χ0) is 13.4. The average molecular weight is 244 g/mol. The predicted molar refractivity (Wildman–Crippen MR) is 68.0 cm³/mol. The summed E-state index contributed by atoms with van der Waals surface area (Å²) < 4.78 is 0. The number of amides is 1. The first kappa shape index (κ1) is 15.7. The summed E-state index contributed by atoms with van der Waals surface area (Å²) in [6.45, 7) is 7.33. The van der Waals surface area contributed by atoms with E-state index in [0.717, 1.165) is 6.54 Å². The van der Waals surface area contributed by atoms with Crippen LogP contribution in [0.15, 0.2) is 5.16 Å². The SMILES string of the molecule is CCC(C(=O)NCCN(C)C(C)C)/C(N)=N/O. The molecule has 1 amide bonds. The van der Waals surface area contributed by atoms with Crippen molar-refractivity contribution in [2.24, 2.45) is 16.8 Å². The standard InChI is InChI=1S/C11H24N4O2/c1-5-9(10(12)14-17)11(16)13-6-7-15(4)8(2)3/h8-9,17H,5-7H2,1-4H3,(H2,12,14)(H,13,16). The van der Waals surface area contributed by atoms with E-state index in [1.165, 1.54) is 0 Å². The fraction of sp³-hybridized carbons (Fsp3) is 0.818. The summed E-state index contributed by atoms with van der Waals surface area (Å²) in [5, 5.41) is 14.2. The van der Waals surface area contributed by atoms with E-state index < -0.39 is 5.92 Å². The Balaban J connectivity index is 4.08. The Morgan fingerprint density at radius 3 is 2.53 bits per heavy atom. The second-order valence-corrected chi connectivity index (χ2v) is 4.35. The van der Waals surface area contributed by atoms with E-state index in [-0.39, 0.29) is 11.7 Å². The highest BCUT2D eigenvalue weighted by Gasteiger charge is 2.20. The van der Waals surface area contributed by atoms with Crippen LogP contribution in [-0.4, -0.2) is 48.0 Å². The number of nitrogens with two attached hydrogens (primary N) is 1. The lowest BCUT2D eigenvalue weighted by atomic mass is 10.1. The van der Waals surface area contributed by atoms with Gasteiger partial charge < -0.3 is 21.2 Å². The number of nitrogens with zero attached hydrogens (tertiary/aromatic N) is 2. The molecule has 4 N–H and O–H groups in total. The van der Waals surface area contributed by atoms with E-state index in [4.69, 9.17) is 10.9 Å². The highest BCUT2D eigenvalue weighted by Crippen LogP contribution is 2.02. The van der Waals surface area contributed by atoms with E-state index in [9.17, 15) is 4.79 Å². The van der Waals surface area contributed by atoms with Gasteiger partial charge in [0.2, 0.25) is 5.91 Å². The molecule has 17 heavy (non-hydrogen) atoms. The second kappa shape index (κ2) is 7.89. The quantitative estimate of drug-likeness (QED) is 0.258. The molecule has 0 rings (SSSR count). The van der Waals surface area contributed by atoms with Crippen LogP contribution in [0.5, 0.6) is 0 Å². The zero-order valence-electron chi connectivity index (χ0n) is 11.1. The molecule has 0 saturated carbocycles. The van der Waals surface area contributed by atoms with Crippen molar-refractivity contribution in [3.05, 3.63) is 0 Å². The molecule has 0 spiro atoms. The smallest absolute Gasteiger partial charge is 0.230 e. The highest BCUT2D eigenvalue weighted by atomic mass is 16.4. The largest absolute Gasteiger partial charge is 0.409 e. The Morgan fingerprint density at radius 1 is 1.53 bits per heavy atom. The number of hydrogen-bond acceptors (Lipinski definition) is 4. The lowest BCUT2D eigenvalue weighted by molar-refractivity contribution is -0.123. The lowest BCUT2D eigenvalue weighted by Crippen LogP contribution is -2.42. The Morgan fingerprint density at radius 2 is 2.12 bits per heavy atom. The normalized spacial score (nSPS) is 14.1. The predicted octanol–water partition coefficient (Wildman–Crippen LogP) is 0.215. The maximum Gasteiger partial charge on any atom is 0.230 e. The zero-order valence-corrected chi connectivity index (χ0v) is 11.1. The van der Waals surface area contributed by atoms with Gasteiger partial charge in [0.25, 0.3) is 0 Å². The average Bonchev–Trinajstić information content (AvgIpc) is 2.29. The van der Waals surface area contributed by atoms with Crippen LogP contribution in [0.2, 0.25) is 0 Å². The van der Waals surface area contributed by atoms with Gasteiger partial charge in [0.05, 0.1) is 5.92 Å². The molecular formula is C11H24N4O2. The van der Waals surface area contributed by atoms with Gasteiger partial charge in [-0.15, -0.1) is 0 Å². The van der Waals surface area contributed by atoms with Crippen LogP contribution < -0.4 is 11.1 Å². The van der Waals surface area contributed by atoms with Crippen molar-refractivity contribution in [1.82, 2.24) is 10.2 Å². The van der Waals surface area contributed by atoms with E-state index in [0.29, 0.717) is 19.0 Å². The summed E-state index contributed by atoms with van der Waals surface area (Å²) in [5.74, 6) is -0.786. The third-order valence-electron chi connectivity index (χ3n) is 2.84. The summed E-state index contributed by atoms with van der Waals surface area (Å²) in [5.41, 5.74) is 5.44. The molecule has 6 nitrogen and oxygen atoms in total. The van der Waals surface area contributed by atoms with Crippen molar-refractivity contribution in [2.45, 2.75) is 33.2 Å². The first-order valence-electron chi connectivity index (χ1n) is 5.89. The van der Waals surface area contributed by atoms with Gasteiger partial charge in [-0.05, 0) is 27.3 Å². The van der Waals surface area contributed by atoms with Crippen molar-refractivity contribution in [3.8, 4) is 0 Å². The van der Waals surface area contributed by atoms with Crippen molar-refractivity contribution in [1.29, 1.82) is 0 Å². The molecule has 6 heteroatoms. The molecule has 0 radical (unpaired) electrons. The molecule has 0 aliphatic heterocycles. The molecule has 1 unspecified atom stereocenters. The van der Waals surface area contributed by atoms with Gasteiger partial charge in [0, 0.05) is 19.1 Å². The number of amidine groups is 1. The third-order valence-corrected chi connectivity index (χ3v) is 2.84.